The van der Waals surface area contributed by atoms with E-state index in [1.807, 2.05) is 42.5 Å². The third-order valence-corrected chi connectivity index (χ3v) is 6.22. The number of halogens is 1. The smallest absolute Gasteiger partial charge is 0.276 e. The molecule has 7 nitrogen and oxygen atoms in total. The topological polar surface area (TPSA) is 70.6 Å². The predicted molar refractivity (Wildman–Crippen MR) is 136 cm³/mol. The zero-order valence-electron chi connectivity index (χ0n) is 18.7. The Balaban J connectivity index is 1.37. The Morgan fingerprint density at radius 1 is 0.882 bits per heavy atom. The summed E-state index contributed by atoms with van der Waals surface area (Å²) in [5.74, 6) is 1.22. The first kappa shape index (κ1) is 22.0. The van der Waals surface area contributed by atoms with E-state index in [2.05, 4.69) is 31.4 Å². The molecule has 1 aromatic heterocycles. The van der Waals surface area contributed by atoms with Gasteiger partial charge >= 0.3 is 0 Å². The molecular formula is C26H24ClN5O2. The highest BCUT2D eigenvalue weighted by atomic mass is 35.5. The molecule has 0 radical (unpaired) electrons. The van der Waals surface area contributed by atoms with Gasteiger partial charge in [-0.1, -0.05) is 41.9 Å². The van der Waals surface area contributed by atoms with E-state index in [9.17, 15) is 4.79 Å². The van der Waals surface area contributed by atoms with Crippen molar-refractivity contribution in [3.63, 3.8) is 0 Å². The number of aromatic nitrogens is 2. The van der Waals surface area contributed by atoms with Crippen LogP contribution in [0.4, 0.5) is 17.2 Å². The molecule has 2 heterocycles. The summed E-state index contributed by atoms with van der Waals surface area (Å²) in [6.45, 7) is 3.28. The van der Waals surface area contributed by atoms with Crippen molar-refractivity contribution in [1.29, 1.82) is 0 Å². The highest BCUT2D eigenvalue weighted by Gasteiger charge is 2.23. The molecule has 0 bridgehead atoms. The second-order valence-corrected chi connectivity index (χ2v) is 8.49. The summed E-state index contributed by atoms with van der Waals surface area (Å²) in [6.07, 6.45) is 0. The van der Waals surface area contributed by atoms with Gasteiger partial charge in [0.25, 0.3) is 5.91 Å². The fraction of sp³-hybridized carbons (Fsp3) is 0.192. The molecule has 0 saturated carbocycles. The number of carbonyl (C=O) groups excluding carboxylic acids is 1. The average molecular weight is 474 g/mol. The average Bonchev–Trinajstić information content (AvgIpc) is 2.88. The van der Waals surface area contributed by atoms with Crippen LogP contribution in [0.15, 0.2) is 72.8 Å². The van der Waals surface area contributed by atoms with Gasteiger partial charge < -0.3 is 19.9 Å². The maximum atomic E-state index is 13.0. The van der Waals surface area contributed by atoms with Gasteiger partial charge in [0.1, 0.15) is 5.75 Å². The van der Waals surface area contributed by atoms with Crippen LogP contribution in [0.5, 0.6) is 5.75 Å². The van der Waals surface area contributed by atoms with Crippen molar-refractivity contribution >= 4 is 45.5 Å². The van der Waals surface area contributed by atoms with Gasteiger partial charge in [-0.2, -0.15) is 0 Å². The Morgan fingerprint density at radius 2 is 1.59 bits per heavy atom. The van der Waals surface area contributed by atoms with Crippen LogP contribution in [-0.4, -0.2) is 49.4 Å². The molecule has 1 aliphatic heterocycles. The third kappa shape index (κ3) is 4.47. The fourth-order valence-corrected chi connectivity index (χ4v) is 4.39. The highest BCUT2D eigenvalue weighted by Crippen LogP contribution is 2.28. The van der Waals surface area contributed by atoms with Gasteiger partial charge in [-0.25, -0.2) is 0 Å². The Morgan fingerprint density at radius 3 is 2.29 bits per heavy atom. The second-order valence-electron chi connectivity index (χ2n) is 8.05. The van der Waals surface area contributed by atoms with Crippen molar-refractivity contribution in [3.05, 3.63) is 83.5 Å². The lowest BCUT2D eigenvalue weighted by atomic mass is 10.1. The first-order valence-corrected chi connectivity index (χ1v) is 11.5. The molecule has 5 rings (SSSR count). The maximum absolute atomic E-state index is 13.0. The van der Waals surface area contributed by atoms with Gasteiger partial charge in [0.15, 0.2) is 11.5 Å². The fourth-order valence-electron chi connectivity index (χ4n) is 4.20. The first-order valence-electron chi connectivity index (χ1n) is 11.1. The van der Waals surface area contributed by atoms with Gasteiger partial charge in [-0.05, 0) is 42.5 Å². The van der Waals surface area contributed by atoms with Crippen LogP contribution in [-0.2, 0) is 0 Å². The van der Waals surface area contributed by atoms with Crippen molar-refractivity contribution in [2.75, 3.05) is 48.4 Å². The predicted octanol–water partition coefficient (Wildman–Crippen LogP) is 4.87. The van der Waals surface area contributed by atoms with Crippen LogP contribution in [0.2, 0.25) is 5.02 Å². The summed E-state index contributed by atoms with van der Waals surface area (Å²) in [5, 5.41) is 14.2. The number of benzene rings is 3. The number of hydrogen-bond acceptors (Lipinski definition) is 6. The molecule has 1 aliphatic rings. The molecule has 172 valence electrons. The molecule has 0 spiro atoms. The minimum absolute atomic E-state index is 0.299. The zero-order chi connectivity index (χ0) is 23.5. The van der Waals surface area contributed by atoms with E-state index in [1.54, 1.807) is 31.4 Å². The number of fused-ring (bicyclic) bond motifs is 1. The summed E-state index contributed by atoms with van der Waals surface area (Å²) >= 11 is 6.17. The Kier molecular flexibility index (Phi) is 6.18. The zero-order valence-corrected chi connectivity index (χ0v) is 19.5. The Bertz CT molecular complexity index is 1320. The van der Waals surface area contributed by atoms with Crippen molar-refractivity contribution in [2.45, 2.75) is 0 Å². The quantitative estimate of drug-likeness (QED) is 0.446. The Hall–Kier alpha value is -3.84. The standard InChI is InChI=1S/C26H24ClN5O2/c1-34-21-11-9-19(10-12-21)28-26(33)24-22-7-2-3-8-23(22)25(30-29-24)32-15-13-31(14-16-32)20-6-4-5-18(27)17-20/h2-12,17H,13-16H2,1H3,(H,28,33). The van der Waals surface area contributed by atoms with Crippen LogP contribution in [0.1, 0.15) is 10.5 Å². The molecule has 3 aromatic carbocycles. The lowest BCUT2D eigenvalue weighted by Crippen LogP contribution is -2.47. The first-order chi connectivity index (χ1) is 16.6. The molecule has 1 amide bonds. The monoisotopic (exact) mass is 473 g/mol. The molecule has 0 aliphatic carbocycles. The van der Waals surface area contributed by atoms with E-state index in [-0.39, 0.29) is 5.91 Å². The minimum atomic E-state index is -0.300. The molecule has 1 saturated heterocycles. The van der Waals surface area contributed by atoms with Gasteiger partial charge in [0.2, 0.25) is 0 Å². The van der Waals surface area contributed by atoms with E-state index < -0.39 is 0 Å². The molecule has 8 heteroatoms. The SMILES string of the molecule is COc1ccc(NC(=O)c2nnc(N3CCN(c4cccc(Cl)c4)CC3)c3ccccc23)cc1. The maximum Gasteiger partial charge on any atom is 0.276 e. The molecule has 1 N–H and O–H groups in total. The normalized spacial score (nSPS) is 13.7. The van der Waals surface area contributed by atoms with Gasteiger partial charge in [-0.15, -0.1) is 10.2 Å². The molecule has 0 atom stereocenters. The summed E-state index contributed by atoms with van der Waals surface area (Å²) in [6, 6.07) is 22.9. The number of piperazine rings is 1. The molecule has 0 unspecified atom stereocenters. The number of carbonyl (C=O) groups is 1. The number of anilines is 3. The second kappa shape index (κ2) is 9.57. The molecule has 34 heavy (non-hydrogen) atoms. The van der Waals surface area contributed by atoms with Crippen LogP contribution in [0.3, 0.4) is 0 Å². The molecule has 4 aromatic rings. The largest absolute Gasteiger partial charge is 0.497 e. The van der Waals surface area contributed by atoms with Crippen LogP contribution in [0, 0.1) is 0 Å². The summed E-state index contributed by atoms with van der Waals surface area (Å²) in [7, 11) is 1.61. The van der Waals surface area contributed by atoms with Gasteiger partial charge in [0.05, 0.1) is 7.11 Å². The molecule has 1 fully saturated rings. The van der Waals surface area contributed by atoms with Crippen molar-refractivity contribution in [1.82, 2.24) is 10.2 Å². The van der Waals surface area contributed by atoms with Crippen LogP contribution >= 0.6 is 11.6 Å². The minimum Gasteiger partial charge on any atom is -0.497 e. The van der Waals surface area contributed by atoms with E-state index >= 15 is 0 Å². The third-order valence-electron chi connectivity index (χ3n) is 5.98. The lowest BCUT2D eigenvalue weighted by Gasteiger charge is -2.37. The number of rotatable bonds is 5. The number of amides is 1. The lowest BCUT2D eigenvalue weighted by molar-refractivity contribution is 0.102. The number of methoxy groups -OCH3 is 1. The van der Waals surface area contributed by atoms with E-state index in [4.69, 9.17) is 16.3 Å². The van der Waals surface area contributed by atoms with Crippen molar-refractivity contribution in [3.8, 4) is 5.75 Å². The van der Waals surface area contributed by atoms with E-state index in [1.165, 1.54) is 0 Å². The number of nitrogens with zero attached hydrogens (tertiary/aromatic N) is 4. The van der Waals surface area contributed by atoms with Gasteiger partial charge in [0, 0.05) is 53.3 Å². The summed E-state index contributed by atoms with van der Waals surface area (Å²) < 4.78 is 5.18. The van der Waals surface area contributed by atoms with E-state index in [0.717, 1.165) is 59.2 Å². The summed E-state index contributed by atoms with van der Waals surface area (Å²) in [5.41, 5.74) is 2.08. The number of hydrogen-bond donors (Lipinski definition) is 1. The summed E-state index contributed by atoms with van der Waals surface area (Å²) in [4.78, 5) is 17.6. The van der Waals surface area contributed by atoms with Crippen molar-refractivity contribution < 1.29 is 9.53 Å². The van der Waals surface area contributed by atoms with Crippen LogP contribution in [0.25, 0.3) is 10.8 Å². The number of ether oxygens (including phenoxy) is 1. The molecular weight excluding hydrogens is 450 g/mol. The van der Waals surface area contributed by atoms with Gasteiger partial charge in [-0.3, -0.25) is 4.79 Å². The Labute approximate surface area is 202 Å². The van der Waals surface area contributed by atoms with Crippen molar-refractivity contribution in [2.24, 2.45) is 0 Å². The number of nitrogens with one attached hydrogen (secondary N) is 1. The highest BCUT2D eigenvalue weighted by molar-refractivity contribution is 6.30. The van der Waals surface area contributed by atoms with Crippen LogP contribution < -0.4 is 19.9 Å². The van der Waals surface area contributed by atoms with E-state index in [0.29, 0.717) is 11.4 Å².